The first kappa shape index (κ1) is 13.7. The maximum absolute atomic E-state index is 11.6. The number of hydrogen-bond acceptors (Lipinski definition) is 8. The first-order valence-corrected chi connectivity index (χ1v) is 7.30. The van der Waals surface area contributed by atoms with Crippen molar-refractivity contribution in [2.24, 2.45) is 0 Å². The fraction of sp³-hybridized carbons (Fsp3) is 0.333. The van der Waals surface area contributed by atoms with Gasteiger partial charge in [0.15, 0.2) is 23.4 Å². The zero-order valence-corrected chi connectivity index (χ0v) is 11.6. The Hall–Kier alpha value is -2.29. The summed E-state index contributed by atoms with van der Waals surface area (Å²) in [5, 5.41) is 0. The van der Waals surface area contributed by atoms with Crippen molar-refractivity contribution in [3.63, 3.8) is 0 Å². The number of hydrogen-bond donors (Lipinski definition) is 0. The van der Waals surface area contributed by atoms with E-state index in [2.05, 4.69) is 11.3 Å². The minimum absolute atomic E-state index is 0.0384. The zero-order chi connectivity index (χ0) is 15.4. The molecule has 8 nitrogen and oxygen atoms in total. The molecule has 2 atom stereocenters. The quantitative estimate of drug-likeness (QED) is 0.402. The van der Waals surface area contributed by atoms with Gasteiger partial charge in [0.2, 0.25) is 11.9 Å². The summed E-state index contributed by atoms with van der Waals surface area (Å²) in [7, 11) is -3.86. The molecule has 3 aliphatic rings. The third-order valence-electron chi connectivity index (χ3n) is 2.97. The molecule has 0 fully saturated rings. The van der Waals surface area contributed by atoms with Gasteiger partial charge in [0.05, 0.1) is 0 Å². The second-order valence-corrected chi connectivity index (χ2v) is 6.13. The normalized spacial score (nSPS) is 26.8. The fourth-order valence-corrected chi connectivity index (χ4v) is 3.22. The van der Waals surface area contributed by atoms with Crippen LogP contribution in [-0.2, 0) is 38.1 Å². The largest absolute Gasteiger partial charge is 0.477 e. The lowest BCUT2D eigenvalue weighted by Crippen LogP contribution is -2.30. The number of esters is 2. The van der Waals surface area contributed by atoms with Gasteiger partial charge in [-0.15, -0.1) is 0 Å². The Balaban J connectivity index is 1.63. The highest BCUT2D eigenvalue weighted by Crippen LogP contribution is 2.48. The van der Waals surface area contributed by atoms with Crippen molar-refractivity contribution in [3.05, 3.63) is 34.7 Å². The summed E-state index contributed by atoms with van der Waals surface area (Å²) in [6.45, 7) is 4.19. The summed E-state index contributed by atoms with van der Waals surface area (Å²) >= 11 is 0. The van der Waals surface area contributed by atoms with Crippen LogP contribution in [-0.4, -0.2) is 39.2 Å². The molecule has 2 bridgehead atoms. The minimum Gasteiger partial charge on any atom is -0.477 e. The van der Waals surface area contributed by atoms with Crippen LogP contribution in [0.4, 0.5) is 0 Å². The number of carbonyl (C=O) groups is 2. The van der Waals surface area contributed by atoms with Gasteiger partial charge in [-0.1, -0.05) is 6.58 Å². The maximum atomic E-state index is 11.6. The number of ether oxygens (including phenoxy) is 3. The summed E-state index contributed by atoms with van der Waals surface area (Å²) in [6, 6.07) is 0. The van der Waals surface area contributed by atoms with Gasteiger partial charge >= 0.3 is 22.1 Å². The molecule has 0 spiro atoms. The van der Waals surface area contributed by atoms with E-state index in [1.807, 2.05) is 0 Å². The average molecular weight is 314 g/mol. The Morgan fingerprint density at radius 1 is 1.43 bits per heavy atom. The van der Waals surface area contributed by atoms with Crippen LogP contribution in [0.15, 0.2) is 34.7 Å². The number of carbonyl (C=O) groups excluding carboxylic acids is 2. The van der Waals surface area contributed by atoms with Crippen molar-refractivity contribution >= 4 is 22.1 Å². The second kappa shape index (κ2) is 4.35. The summed E-state index contributed by atoms with van der Waals surface area (Å²) in [4.78, 5) is 22.7. The molecule has 9 heteroatoms. The third-order valence-corrected chi connectivity index (χ3v) is 4.23. The molecule has 0 aromatic rings. The average Bonchev–Trinajstić information content (AvgIpc) is 2.99. The van der Waals surface area contributed by atoms with E-state index in [1.54, 1.807) is 0 Å². The van der Waals surface area contributed by atoms with E-state index in [4.69, 9.17) is 13.7 Å². The molecule has 112 valence electrons. The van der Waals surface area contributed by atoms with Crippen molar-refractivity contribution in [1.29, 1.82) is 0 Å². The van der Waals surface area contributed by atoms with Gasteiger partial charge in [-0.25, -0.2) is 9.59 Å². The van der Waals surface area contributed by atoms with Gasteiger partial charge < -0.3 is 18.4 Å². The van der Waals surface area contributed by atoms with Crippen LogP contribution in [0, 0.1) is 0 Å². The monoisotopic (exact) mass is 314 g/mol. The predicted molar refractivity (Wildman–Crippen MR) is 65.6 cm³/mol. The Morgan fingerprint density at radius 3 is 2.81 bits per heavy atom. The number of rotatable bonds is 4. The van der Waals surface area contributed by atoms with E-state index in [0.29, 0.717) is 0 Å². The summed E-state index contributed by atoms with van der Waals surface area (Å²) in [6.07, 6.45) is -0.404. The van der Waals surface area contributed by atoms with Gasteiger partial charge in [-0.3, -0.25) is 0 Å². The lowest BCUT2D eigenvalue weighted by molar-refractivity contribution is -0.161. The molecular weight excluding hydrogens is 304 g/mol. The van der Waals surface area contributed by atoms with E-state index in [1.165, 1.54) is 13.0 Å². The minimum atomic E-state index is -3.86. The summed E-state index contributed by atoms with van der Waals surface area (Å²) in [5.41, 5.74) is 0.147. The molecule has 0 N–H and O–H groups in total. The molecule has 3 heterocycles. The van der Waals surface area contributed by atoms with Crippen LogP contribution in [0.3, 0.4) is 0 Å². The SMILES string of the molecule is C=C(C)C(=O)OCC(=O)OC1C2=C3O[C@H]1C=C3S(=O)(=O)O2. The van der Waals surface area contributed by atoms with Crippen molar-refractivity contribution in [2.75, 3.05) is 6.61 Å². The smallest absolute Gasteiger partial charge is 0.345 e. The molecular formula is C12H10O8S. The van der Waals surface area contributed by atoms with E-state index in [0.717, 1.165) is 0 Å². The Morgan fingerprint density at radius 2 is 2.14 bits per heavy atom. The predicted octanol–water partition coefficient (Wildman–Crippen LogP) is -0.115. The highest BCUT2D eigenvalue weighted by atomic mass is 32.2. The maximum Gasteiger partial charge on any atom is 0.345 e. The first-order chi connectivity index (χ1) is 9.79. The molecule has 0 aliphatic carbocycles. The summed E-state index contributed by atoms with van der Waals surface area (Å²) < 4.78 is 42.8. The number of fused-ring (bicyclic) bond motifs is 1. The van der Waals surface area contributed by atoms with Gasteiger partial charge in [-0.2, -0.15) is 8.42 Å². The van der Waals surface area contributed by atoms with Crippen LogP contribution in [0.25, 0.3) is 0 Å². The molecule has 0 aromatic carbocycles. The zero-order valence-electron chi connectivity index (χ0n) is 10.8. The molecule has 3 rings (SSSR count). The molecule has 1 unspecified atom stereocenters. The Kier molecular flexibility index (Phi) is 2.84. The van der Waals surface area contributed by atoms with Crippen LogP contribution >= 0.6 is 0 Å². The second-order valence-electron chi connectivity index (χ2n) is 4.61. The lowest BCUT2D eigenvalue weighted by Gasteiger charge is -2.16. The van der Waals surface area contributed by atoms with E-state index in [9.17, 15) is 18.0 Å². The Labute approximate surface area is 119 Å². The van der Waals surface area contributed by atoms with Crippen molar-refractivity contribution in [2.45, 2.75) is 19.1 Å². The van der Waals surface area contributed by atoms with E-state index in [-0.39, 0.29) is 22.0 Å². The molecule has 0 radical (unpaired) electrons. The Bertz CT molecular complexity index is 726. The lowest BCUT2D eigenvalue weighted by atomic mass is 10.1. The topological polar surface area (TPSA) is 105 Å². The highest BCUT2D eigenvalue weighted by Gasteiger charge is 2.56. The van der Waals surface area contributed by atoms with Crippen molar-refractivity contribution < 1.29 is 36.4 Å². The van der Waals surface area contributed by atoms with Crippen LogP contribution in [0.1, 0.15) is 6.92 Å². The van der Waals surface area contributed by atoms with Gasteiger partial charge in [0.25, 0.3) is 0 Å². The first-order valence-electron chi connectivity index (χ1n) is 5.89. The molecule has 0 saturated carbocycles. The standard InChI is InChI=1S/C12H10O8S/c1-5(2)12(14)17-4-8(13)19-9-6-3-7-10(18-6)11(9)20-21(7,15)16/h3,6,9H,1,4H2,2H3/t6-,9?/m0/s1. The fourth-order valence-electron chi connectivity index (χ4n) is 2.05. The summed E-state index contributed by atoms with van der Waals surface area (Å²) in [5.74, 6) is -1.53. The van der Waals surface area contributed by atoms with Gasteiger partial charge in [0, 0.05) is 5.57 Å². The van der Waals surface area contributed by atoms with Crippen LogP contribution in [0.5, 0.6) is 0 Å². The van der Waals surface area contributed by atoms with Crippen LogP contribution in [0.2, 0.25) is 0 Å². The van der Waals surface area contributed by atoms with Crippen LogP contribution < -0.4 is 0 Å². The van der Waals surface area contributed by atoms with Gasteiger partial charge in [0.1, 0.15) is 0 Å². The third kappa shape index (κ3) is 2.09. The molecule has 0 amide bonds. The van der Waals surface area contributed by atoms with Crippen molar-refractivity contribution in [3.8, 4) is 0 Å². The van der Waals surface area contributed by atoms with E-state index < -0.39 is 40.9 Å². The van der Waals surface area contributed by atoms with Crippen molar-refractivity contribution in [1.82, 2.24) is 0 Å². The molecule has 21 heavy (non-hydrogen) atoms. The highest BCUT2D eigenvalue weighted by molar-refractivity contribution is 7.91. The van der Waals surface area contributed by atoms with Gasteiger partial charge in [-0.05, 0) is 13.0 Å². The molecule has 0 aromatic heterocycles. The molecule has 3 aliphatic heterocycles. The van der Waals surface area contributed by atoms with E-state index >= 15 is 0 Å². The molecule has 0 saturated heterocycles.